The second kappa shape index (κ2) is 9.88. The number of para-hydroxylation sites is 1. The lowest BCUT2D eigenvalue weighted by Gasteiger charge is -2.34. The van der Waals surface area contributed by atoms with Crippen molar-refractivity contribution in [2.75, 3.05) is 34.4 Å². The summed E-state index contributed by atoms with van der Waals surface area (Å²) in [7, 11) is 5.14. The van der Waals surface area contributed by atoms with E-state index in [1.165, 1.54) is 0 Å². The minimum absolute atomic E-state index is 0.249. The summed E-state index contributed by atoms with van der Waals surface area (Å²) in [6, 6.07) is 15.9. The molecule has 1 saturated heterocycles. The van der Waals surface area contributed by atoms with Crippen LogP contribution in [0.4, 0.5) is 0 Å². The lowest BCUT2D eigenvalue weighted by atomic mass is 10.1. The topological polar surface area (TPSA) is 55.3 Å². The Bertz CT molecular complexity index is 772. The van der Waals surface area contributed by atoms with E-state index in [0.29, 0.717) is 6.54 Å². The van der Waals surface area contributed by atoms with Gasteiger partial charge in [0.1, 0.15) is 23.4 Å². The van der Waals surface area contributed by atoms with Crippen LogP contribution in [0.15, 0.2) is 53.5 Å². The maximum absolute atomic E-state index is 6.08. The Labute approximate surface area is 167 Å². The third-order valence-corrected chi connectivity index (χ3v) is 4.93. The molecule has 2 aromatic rings. The number of guanidine groups is 1. The smallest absolute Gasteiger partial charge is 0.193 e. The minimum Gasteiger partial charge on any atom is -0.497 e. The van der Waals surface area contributed by atoms with E-state index in [-0.39, 0.29) is 6.10 Å². The Morgan fingerprint density at radius 3 is 2.43 bits per heavy atom. The standard InChI is InChI=1S/C22H29N3O3/c1-23-22(24-16-17-9-10-20(26-2)15-21(17)27-3)25-13-11-19(12-14-25)28-18-7-5-4-6-8-18/h4-10,15,19H,11-14,16H2,1-3H3,(H,23,24). The first kappa shape index (κ1) is 19.9. The molecule has 28 heavy (non-hydrogen) atoms. The summed E-state index contributed by atoms with van der Waals surface area (Å²) in [6.45, 7) is 2.47. The molecule has 1 aliphatic rings. The molecule has 1 heterocycles. The lowest BCUT2D eigenvalue weighted by Crippen LogP contribution is -2.47. The van der Waals surface area contributed by atoms with Crippen molar-refractivity contribution in [1.82, 2.24) is 10.2 Å². The van der Waals surface area contributed by atoms with Gasteiger partial charge in [-0.15, -0.1) is 0 Å². The first-order chi connectivity index (χ1) is 13.7. The molecule has 0 aliphatic carbocycles. The van der Waals surface area contributed by atoms with Crippen molar-refractivity contribution in [2.24, 2.45) is 4.99 Å². The van der Waals surface area contributed by atoms with Gasteiger partial charge < -0.3 is 24.4 Å². The van der Waals surface area contributed by atoms with Crippen molar-refractivity contribution in [3.05, 3.63) is 54.1 Å². The fraction of sp³-hybridized carbons (Fsp3) is 0.409. The number of aliphatic imine (C=N–C) groups is 1. The van der Waals surface area contributed by atoms with Crippen LogP contribution < -0.4 is 19.5 Å². The number of likely N-dealkylation sites (tertiary alicyclic amines) is 1. The molecule has 150 valence electrons. The molecule has 0 radical (unpaired) electrons. The summed E-state index contributed by atoms with van der Waals surface area (Å²) in [5.41, 5.74) is 1.06. The van der Waals surface area contributed by atoms with E-state index >= 15 is 0 Å². The highest BCUT2D eigenvalue weighted by atomic mass is 16.5. The summed E-state index contributed by atoms with van der Waals surface area (Å²) in [5, 5.41) is 3.45. The fourth-order valence-electron chi connectivity index (χ4n) is 3.38. The van der Waals surface area contributed by atoms with Gasteiger partial charge in [-0.25, -0.2) is 0 Å². The molecule has 0 spiro atoms. The SMILES string of the molecule is CN=C(NCc1ccc(OC)cc1OC)N1CCC(Oc2ccccc2)CC1. The van der Waals surface area contributed by atoms with Crippen LogP contribution >= 0.6 is 0 Å². The number of nitrogens with one attached hydrogen (secondary N) is 1. The van der Waals surface area contributed by atoms with E-state index in [9.17, 15) is 0 Å². The molecule has 3 rings (SSSR count). The molecular weight excluding hydrogens is 354 g/mol. The number of methoxy groups -OCH3 is 2. The van der Waals surface area contributed by atoms with E-state index < -0.39 is 0 Å². The average Bonchev–Trinajstić information content (AvgIpc) is 2.76. The molecule has 2 aromatic carbocycles. The molecule has 1 aliphatic heterocycles. The quantitative estimate of drug-likeness (QED) is 0.613. The van der Waals surface area contributed by atoms with Gasteiger partial charge in [-0.3, -0.25) is 4.99 Å². The van der Waals surface area contributed by atoms with Crippen molar-refractivity contribution in [2.45, 2.75) is 25.5 Å². The molecule has 0 atom stereocenters. The fourth-order valence-corrected chi connectivity index (χ4v) is 3.38. The van der Waals surface area contributed by atoms with Gasteiger partial charge in [-0.2, -0.15) is 0 Å². The number of piperidine rings is 1. The molecule has 1 fully saturated rings. The molecule has 6 nitrogen and oxygen atoms in total. The van der Waals surface area contributed by atoms with E-state index in [0.717, 1.165) is 54.7 Å². The highest BCUT2D eigenvalue weighted by Crippen LogP contribution is 2.24. The van der Waals surface area contributed by atoms with Crippen molar-refractivity contribution in [3.63, 3.8) is 0 Å². The maximum Gasteiger partial charge on any atom is 0.193 e. The number of hydrogen-bond acceptors (Lipinski definition) is 4. The van der Waals surface area contributed by atoms with Crippen LogP contribution in [-0.4, -0.2) is 51.3 Å². The Morgan fingerprint density at radius 1 is 1.04 bits per heavy atom. The number of rotatable bonds is 6. The van der Waals surface area contributed by atoms with Crippen LogP contribution in [0.1, 0.15) is 18.4 Å². The first-order valence-electron chi connectivity index (χ1n) is 9.61. The van der Waals surface area contributed by atoms with Gasteiger partial charge in [-0.1, -0.05) is 18.2 Å². The molecule has 0 aromatic heterocycles. The number of ether oxygens (including phenoxy) is 3. The molecule has 0 bridgehead atoms. The molecule has 0 saturated carbocycles. The number of hydrogen-bond donors (Lipinski definition) is 1. The first-order valence-corrected chi connectivity index (χ1v) is 9.61. The molecular formula is C22H29N3O3. The van der Waals surface area contributed by atoms with E-state index in [2.05, 4.69) is 15.2 Å². The van der Waals surface area contributed by atoms with Crippen molar-refractivity contribution >= 4 is 5.96 Å². The summed E-state index contributed by atoms with van der Waals surface area (Å²) in [5.74, 6) is 3.42. The minimum atomic E-state index is 0.249. The lowest BCUT2D eigenvalue weighted by molar-refractivity contribution is 0.129. The third-order valence-electron chi connectivity index (χ3n) is 4.93. The van der Waals surface area contributed by atoms with Gasteiger partial charge in [0.2, 0.25) is 0 Å². The second-order valence-corrected chi connectivity index (χ2v) is 6.70. The highest BCUT2D eigenvalue weighted by molar-refractivity contribution is 5.80. The predicted octanol–water partition coefficient (Wildman–Crippen LogP) is 3.32. The van der Waals surface area contributed by atoms with Gasteiger partial charge in [0.15, 0.2) is 5.96 Å². The summed E-state index contributed by atoms with van der Waals surface area (Å²) < 4.78 is 16.8. The Kier molecular flexibility index (Phi) is 7.00. The van der Waals surface area contributed by atoms with Gasteiger partial charge in [0, 0.05) is 51.2 Å². The summed E-state index contributed by atoms with van der Waals surface area (Å²) in [4.78, 5) is 6.73. The largest absolute Gasteiger partial charge is 0.497 e. The van der Waals surface area contributed by atoms with Gasteiger partial charge in [0.25, 0.3) is 0 Å². The molecule has 0 amide bonds. The van der Waals surface area contributed by atoms with Gasteiger partial charge >= 0.3 is 0 Å². The monoisotopic (exact) mass is 383 g/mol. The normalized spacial score (nSPS) is 15.2. The van der Waals surface area contributed by atoms with Crippen LogP contribution in [0.2, 0.25) is 0 Å². The molecule has 0 unspecified atom stereocenters. The van der Waals surface area contributed by atoms with Crippen LogP contribution in [0.25, 0.3) is 0 Å². The summed E-state index contributed by atoms with van der Waals surface area (Å²) in [6.07, 6.45) is 2.20. The average molecular weight is 383 g/mol. The molecule has 6 heteroatoms. The zero-order valence-corrected chi connectivity index (χ0v) is 16.9. The van der Waals surface area contributed by atoms with Crippen molar-refractivity contribution < 1.29 is 14.2 Å². The Hall–Kier alpha value is -2.89. The summed E-state index contributed by atoms with van der Waals surface area (Å²) >= 11 is 0. The zero-order valence-electron chi connectivity index (χ0n) is 16.9. The van der Waals surface area contributed by atoms with Crippen molar-refractivity contribution in [1.29, 1.82) is 0 Å². The van der Waals surface area contributed by atoms with Crippen LogP contribution in [0.3, 0.4) is 0 Å². The van der Waals surface area contributed by atoms with Crippen LogP contribution in [0.5, 0.6) is 17.2 Å². The van der Waals surface area contributed by atoms with Gasteiger partial charge in [-0.05, 0) is 24.3 Å². The number of benzene rings is 2. The highest BCUT2D eigenvalue weighted by Gasteiger charge is 2.22. The number of nitrogens with zero attached hydrogens (tertiary/aromatic N) is 2. The molecule has 1 N–H and O–H groups in total. The Morgan fingerprint density at radius 2 is 1.79 bits per heavy atom. The van der Waals surface area contributed by atoms with Gasteiger partial charge in [0.05, 0.1) is 14.2 Å². The van der Waals surface area contributed by atoms with E-state index in [4.69, 9.17) is 14.2 Å². The predicted molar refractivity (Wildman–Crippen MR) is 111 cm³/mol. The third kappa shape index (κ3) is 5.09. The van der Waals surface area contributed by atoms with Crippen LogP contribution in [-0.2, 0) is 6.54 Å². The zero-order chi connectivity index (χ0) is 19.8. The second-order valence-electron chi connectivity index (χ2n) is 6.70. The Balaban J connectivity index is 1.52. The van der Waals surface area contributed by atoms with Crippen molar-refractivity contribution in [3.8, 4) is 17.2 Å². The van der Waals surface area contributed by atoms with E-state index in [1.807, 2.05) is 55.6 Å². The maximum atomic E-state index is 6.08. The van der Waals surface area contributed by atoms with Crippen LogP contribution in [0, 0.1) is 0 Å². The van der Waals surface area contributed by atoms with E-state index in [1.54, 1.807) is 14.2 Å².